The molecule has 0 aliphatic carbocycles. The van der Waals surface area contributed by atoms with Crippen molar-refractivity contribution in [3.63, 3.8) is 0 Å². The zero-order valence-corrected chi connectivity index (χ0v) is 22.0. The number of nitrogens with one attached hydrogen (secondary N) is 1. The van der Waals surface area contributed by atoms with E-state index in [-0.39, 0.29) is 11.5 Å². The summed E-state index contributed by atoms with van der Waals surface area (Å²) in [6, 6.07) is 12.1. The van der Waals surface area contributed by atoms with E-state index in [0.29, 0.717) is 49.9 Å². The molecule has 0 spiro atoms. The van der Waals surface area contributed by atoms with Gasteiger partial charge in [-0.25, -0.2) is 0 Å². The van der Waals surface area contributed by atoms with Crippen molar-refractivity contribution in [1.29, 1.82) is 5.26 Å². The fourth-order valence-electron chi connectivity index (χ4n) is 5.59. The second-order valence-corrected chi connectivity index (χ2v) is 11.2. The molecular formula is C28H24FN5O4S. The van der Waals surface area contributed by atoms with Crippen LogP contribution in [0.2, 0.25) is 0 Å². The normalized spacial score (nSPS) is 15.2. The van der Waals surface area contributed by atoms with Crippen LogP contribution in [0.1, 0.15) is 24.4 Å². The van der Waals surface area contributed by atoms with Gasteiger partial charge in [0, 0.05) is 40.5 Å². The second-order valence-electron chi connectivity index (χ2n) is 9.87. The van der Waals surface area contributed by atoms with Crippen LogP contribution in [0.3, 0.4) is 0 Å². The van der Waals surface area contributed by atoms with E-state index >= 15 is 0 Å². The summed E-state index contributed by atoms with van der Waals surface area (Å²) in [7, 11) is -1.44. The maximum Gasteiger partial charge on any atom is 0.333 e. The smallest absolute Gasteiger partial charge is 0.333 e. The van der Waals surface area contributed by atoms with Crippen molar-refractivity contribution in [2.45, 2.75) is 23.8 Å². The predicted molar refractivity (Wildman–Crippen MR) is 146 cm³/mol. The van der Waals surface area contributed by atoms with Crippen LogP contribution in [0.25, 0.3) is 44.0 Å². The van der Waals surface area contributed by atoms with Crippen LogP contribution in [-0.2, 0) is 10.2 Å². The first-order valence-corrected chi connectivity index (χ1v) is 13.8. The van der Waals surface area contributed by atoms with Crippen molar-refractivity contribution in [2.24, 2.45) is 0 Å². The van der Waals surface area contributed by atoms with Crippen LogP contribution in [0.5, 0.6) is 5.75 Å². The Morgan fingerprint density at radius 1 is 1.13 bits per heavy atom. The third-order valence-corrected chi connectivity index (χ3v) is 8.34. The van der Waals surface area contributed by atoms with Gasteiger partial charge in [-0.2, -0.15) is 13.7 Å². The summed E-state index contributed by atoms with van der Waals surface area (Å²) in [4.78, 5) is 23.0. The minimum Gasteiger partial charge on any atom is -0.496 e. The summed E-state index contributed by atoms with van der Waals surface area (Å²) in [6.45, 7) is 1.75. The Hall–Kier alpha value is -4.27. The molecule has 1 N–H and O–H groups in total. The number of hydrogen-bond donors (Lipinski definition) is 1. The van der Waals surface area contributed by atoms with E-state index in [1.165, 1.54) is 19.4 Å². The number of fused-ring (bicyclic) bond motifs is 4. The van der Waals surface area contributed by atoms with Gasteiger partial charge in [0.1, 0.15) is 16.3 Å². The van der Waals surface area contributed by atoms with E-state index in [1.54, 1.807) is 30.3 Å². The van der Waals surface area contributed by atoms with Crippen molar-refractivity contribution >= 4 is 43.1 Å². The fraction of sp³-hybridized carbons (Fsp3) is 0.250. The highest BCUT2D eigenvalue weighted by Gasteiger charge is 2.26. The molecule has 1 aliphatic rings. The average Bonchev–Trinajstić information content (AvgIpc) is 3.31. The molecule has 0 radical (unpaired) electrons. The van der Waals surface area contributed by atoms with E-state index in [0.717, 1.165) is 37.5 Å². The van der Waals surface area contributed by atoms with Gasteiger partial charge in [0.15, 0.2) is 5.43 Å². The lowest BCUT2D eigenvalue weighted by molar-refractivity contribution is 0.226. The highest BCUT2D eigenvalue weighted by Crippen LogP contribution is 2.38. The summed E-state index contributed by atoms with van der Waals surface area (Å²) in [5.74, 6) is 0.329. The van der Waals surface area contributed by atoms with Gasteiger partial charge in [0.2, 0.25) is 0 Å². The number of aromatic nitrogens is 3. The number of hydrogen-bond acceptors (Lipinski definition) is 7. The van der Waals surface area contributed by atoms with Crippen molar-refractivity contribution in [3.05, 3.63) is 64.6 Å². The molecule has 0 unspecified atom stereocenters. The SMILES string of the molecule is COc1cc2c(=O)c3c4ccc(C#N)cc4[nH]c3n(C3CCN(C)CC3)c2cc1-c1cncc(S(=O)(=O)F)c1. The quantitative estimate of drug-likeness (QED) is 0.330. The maximum atomic E-state index is 14.0. The summed E-state index contributed by atoms with van der Waals surface area (Å²) >= 11 is 0. The molecule has 2 aromatic carbocycles. The number of piperidine rings is 1. The molecule has 0 saturated carbocycles. The molecule has 11 heteroatoms. The van der Waals surface area contributed by atoms with Gasteiger partial charge in [0.05, 0.1) is 35.0 Å². The number of aromatic amines is 1. The monoisotopic (exact) mass is 545 g/mol. The largest absolute Gasteiger partial charge is 0.496 e. The topological polar surface area (TPSA) is 121 Å². The second kappa shape index (κ2) is 9.18. The van der Waals surface area contributed by atoms with Crippen LogP contribution in [0.4, 0.5) is 3.89 Å². The Kier molecular flexibility index (Phi) is 5.89. The van der Waals surface area contributed by atoms with Gasteiger partial charge in [-0.05, 0) is 63.3 Å². The summed E-state index contributed by atoms with van der Waals surface area (Å²) in [5.41, 5.74) is 3.09. The summed E-state index contributed by atoms with van der Waals surface area (Å²) in [5, 5.41) is 11.1. The number of halogens is 1. The number of methoxy groups -OCH3 is 1. The van der Waals surface area contributed by atoms with E-state index in [1.807, 2.05) is 0 Å². The van der Waals surface area contributed by atoms with Crippen molar-refractivity contribution < 1.29 is 17.0 Å². The number of ether oxygens (including phenoxy) is 1. The number of pyridine rings is 2. The maximum absolute atomic E-state index is 14.0. The number of benzene rings is 2. The predicted octanol–water partition coefficient (Wildman–Crippen LogP) is 4.50. The van der Waals surface area contributed by atoms with Crippen LogP contribution >= 0.6 is 0 Å². The van der Waals surface area contributed by atoms with Gasteiger partial charge < -0.3 is 19.2 Å². The molecule has 1 aliphatic heterocycles. The Labute approximate surface area is 223 Å². The number of likely N-dealkylation sites (tertiary alicyclic amines) is 1. The molecule has 6 rings (SSSR count). The number of nitrogens with zero attached hydrogens (tertiary/aromatic N) is 4. The zero-order valence-electron chi connectivity index (χ0n) is 21.2. The third-order valence-electron chi connectivity index (χ3n) is 7.56. The molecule has 5 aromatic rings. The molecule has 1 fully saturated rings. The van der Waals surface area contributed by atoms with Crippen LogP contribution in [0.15, 0.2) is 58.5 Å². The highest BCUT2D eigenvalue weighted by atomic mass is 32.3. The lowest BCUT2D eigenvalue weighted by Gasteiger charge is -2.32. The number of nitriles is 1. The molecule has 0 atom stereocenters. The minimum atomic E-state index is -4.97. The minimum absolute atomic E-state index is 0.0622. The van der Waals surface area contributed by atoms with Gasteiger partial charge in [-0.1, -0.05) is 6.07 Å². The van der Waals surface area contributed by atoms with Gasteiger partial charge >= 0.3 is 10.2 Å². The standard InChI is InChI=1S/C28H24FN5O4S/c1-33-7-5-18(6-8-33)34-24-11-21(17-10-19(15-31-14-17)39(29,36)37)25(38-2)12-22(24)27(35)26-20-4-3-16(13-30)9-23(20)32-28(26)34/h3-4,9-12,14-15,18,32H,5-8H2,1-2H3. The molecular weight excluding hydrogens is 521 g/mol. The zero-order chi connectivity index (χ0) is 27.5. The Balaban J connectivity index is 1.73. The third kappa shape index (κ3) is 4.13. The first-order chi connectivity index (χ1) is 18.7. The lowest BCUT2D eigenvalue weighted by Crippen LogP contribution is -2.32. The van der Waals surface area contributed by atoms with Gasteiger partial charge in [0.25, 0.3) is 0 Å². The Morgan fingerprint density at radius 2 is 1.90 bits per heavy atom. The number of H-pyrrole nitrogens is 1. The van der Waals surface area contributed by atoms with Gasteiger partial charge in [-0.3, -0.25) is 9.78 Å². The Morgan fingerprint density at radius 3 is 2.59 bits per heavy atom. The molecule has 0 bridgehead atoms. The first-order valence-electron chi connectivity index (χ1n) is 12.4. The van der Waals surface area contributed by atoms with E-state index < -0.39 is 15.1 Å². The van der Waals surface area contributed by atoms with Crippen LogP contribution < -0.4 is 10.2 Å². The molecule has 198 valence electrons. The van der Waals surface area contributed by atoms with E-state index in [4.69, 9.17) is 4.74 Å². The molecule has 4 heterocycles. The summed E-state index contributed by atoms with van der Waals surface area (Å²) in [6.07, 6.45) is 4.08. The number of rotatable bonds is 4. The van der Waals surface area contributed by atoms with Crippen LogP contribution in [-0.4, -0.2) is 55.1 Å². The van der Waals surface area contributed by atoms with Crippen molar-refractivity contribution in [3.8, 4) is 22.9 Å². The van der Waals surface area contributed by atoms with Crippen LogP contribution in [0, 0.1) is 11.3 Å². The lowest BCUT2D eigenvalue weighted by atomic mass is 9.99. The van der Waals surface area contributed by atoms with E-state index in [2.05, 4.69) is 32.6 Å². The summed E-state index contributed by atoms with van der Waals surface area (Å²) < 4.78 is 44.7. The fourth-order valence-corrected chi connectivity index (χ4v) is 6.05. The highest BCUT2D eigenvalue weighted by molar-refractivity contribution is 7.86. The van der Waals surface area contributed by atoms with E-state index in [9.17, 15) is 22.4 Å². The van der Waals surface area contributed by atoms with Crippen molar-refractivity contribution in [1.82, 2.24) is 19.4 Å². The average molecular weight is 546 g/mol. The molecule has 39 heavy (non-hydrogen) atoms. The molecule has 9 nitrogen and oxygen atoms in total. The molecule has 0 amide bonds. The van der Waals surface area contributed by atoms with Crippen molar-refractivity contribution in [2.75, 3.05) is 27.2 Å². The Bertz CT molecular complexity index is 2000. The molecule has 3 aromatic heterocycles. The van der Waals surface area contributed by atoms with Gasteiger partial charge in [-0.15, -0.1) is 3.89 Å². The first kappa shape index (κ1) is 25.0. The molecule has 1 saturated heterocycles.